The summed E-state index contributed by atoms with van der Waals surface area (Å²) in [6, 6.07) is 0. The molecule has 0 aliphatic carbocycles. The van der Waals surface area contributed by atoms with Crippen LogP contribution in [0.2, 0.25) is 0 Å². The maximum atomic E-state index is 5.24. The second-order valence-corrected chi connectivity index (χ2v) is 4.45. The van der Waals surface area contributed by atoms with Gasteiger partial charge in [0.05, 0.1) is 0 Å². The molecule has 0 atom stereocenters. The minimum absolute atomic E-state index is 0.389. The Kier molecular flexibility index (Phi) is 5.24. The molecule has 2 heteroatoms. The molecule has 0 aliphatic rings. The van der Waals surface area contributed by atoms with Gasteiger partial charge in [-0.05, 0) is 0 Å². The Morgan fingerprint density at radius 2 is 1.91 bits per heavy atom. The van der Waals surface area contributed by atoms with E-state index in [9.17, 15) is 0 Å². The summed E-state index contributed by atoms with van der Waals surface area (Å²) in [5, 5.41) is 0. The Morgan fingerprint density at radius 3 is 2.27 bits per heavy atom. The number of hydrogen-bond acceptors (Lipinski definition) is 1. The first-order chi connectivity index (χ1) is 4.95. The van der Waals surface area contributed by atoms with Gasteiger partial charge in [0.25, 0.3) is 0 Å². The van der Waals surface area contributed by atoms with Crippen molar-refractivity contribution in [3.63, 3.8) is 0 Å². The Hall–Kier alpha value is 0.349. The zero-order chi connectivity index (χ0) is 8.91. The van der Waals surface area contributed by atoms with Gasteiger partial charge in [-0.2, -0.15) is 0 Å². The predicted molar refractivity (Wildman–Crippen MR) is 45.3 cm³/mol. The third-order valence-electron chi connectivity index (χ3n) is 1.36. The van der Waals surface area contributed by atoms with E-state index in [2.05, 4.69) is 36.3 Å². The molecule has 0 aromatic carbocycles. The second kappa shape index (κ2) is 5.08. The van der Waals surface area contributed by atoms with Crippen molar-refractivity contribution < 1.29 is 20.3 Å². The van der Waals surface area contributed by atoms with Crippen molar-refractivity contribution in [1.29, 1.82) is 0 Å². The van der Waals surface area contributed by atoms with Crippen molar-refractivity contribution in [2.24, 2.45) is 5.41 Å². The molecule has 0 aliphatic heterocycles. The SMILES string of the molecule is CCO[C](=[Fe])CCC(C)(C)C. The van der Waals surface area contributed by atoms with Gasteiger partial charge in [-0.1, -0.05) is 0 Å². The monoisotopic (exact) mass is 198 g/mol. The van der Waals surface area contributed by atoms with E-state index in [1.165, 1.54) is 0 Å². The molecule has 0 aromatic heterocycles. The summed E-state index contributed by atoms with van der Waals surface area (Å²) in [4.78, 5) is 0. The van der Waals surface area contributed by atoms with Gasteiger partial charge in [-0.25, -0.2) is 0 Å². The molecule has 0 unspecified atom stereocenters. The molecule has 0 saturated carbocycles. The molecular formula is C9H18FeO. The zero-order valence-electron chi connectivity index (χ0n) is 7.88. The standard InChI is InChI=1S/C9H18O.Fe/c1-5-10-8-6-7-9(2,3)4;/h5-7H2,1-4H3;. The van der Waals surface area contributed by atoms with Gasteiger partial charge in [0.2, 0.25) is 0 Å². The van der Waals surface area contributed by atoms with Crippen LogP contribution in [-0.4, -0.2) is 11.2 Å². The summed E-state index contributed by atoms with van der Waals surface area (Å²) in [6.45, 7) is 9.41. The van der Waals surface area contributed by atoms with Crippen LogP contribution in [0.4, 0.5) is 0 Å². The molecule has 68 valence electrons. The van der Waals surface area contributed by atoms with E-state index >= 15 is 0 Å². The van der Waals surface area contributed by atoms with Crippen LogP contribution in [0, 0.1) is 5.41 Å². The molecule has 0 amide bonds. The molecule has 1 nitrogen and oxygen atoms in total. The van der Waals surface area contributed by atoms with Crippen molar-refractivity contribution in [3.8, 4) is 0 Å². The van der Waals surface area contributed by atoms with E-state index in [1.807, 2.05) is 6.92 Å². The third-order valence-corrected chi connectivity index (χ3v) is 1.80. The average molecular weight is 198 g/mol. The van der Waals surface area contributed by atoms with Gasteiger partial charge >= 0.3 is 77.5 Å². The van der Waals surface area contributed by atoms with Gasteiger partial charge in [0.1, 0.15) is 0 Å². The van der Waals surface area contributed by atoms with Crippen LogP contribution in [0.3, 0.4) is 0 Å². The fraction of sp³-hybridized carbons (Fsp3) is 0.889. The van der Waals surface area contributed by atoms with Gasteiger partial charge in [0.15, 0.2) is 0 Å². The van der Waals surface area contributed by atoms with Gasteiger partial charge < -0.3 is 0 Å². The first kappa shape index (κ1) is 11.3. The van der Waals surface area contributed by atoms with Crippen molar-refractivity contribution in [3.05, 3.63) is 0 Å². The Morgan fingerprint density at radius 1 is 1.36 bits per heavy atom. The molecule has 11 heavy (non-hydrogen) atoms. The summed E-state index contributed by atoms with van der Waals surface area (Å²) < 4.78 is 6.16. The van der Waals surface area contributed by atoms with Crippen LogP contribution in [0.25, 0.3) is 0 Å². The summed E-state index contributed by atoms with van der Waals surface area (Å²) in [6.07, 6.45) is 2.13. The third kappa shape index (κ3) is 8.25. The molecule has 0 rings (SSSR count). The molecule has 0 aromatic rings. The van der Waals surface area contributed by atoms with E-state index < -0.39 is 0 Å². The summed E-state index contributed by atoms with van der Waals surface area (Å²) in [5.41, 5.74) is 0.389. The summed E-state index contributed by atoms with van der Waals surface area (Å²) in [7, 11) is 0. The van der Waals surface area contributed by atoms with Crippen molar-refractivity contribution in [2.45, 2.75) is 40.5 Å². The van der Waals surface area contributed by atoms with Crippen molar-refractivity contribution >= 4 is 4.60 Å². The van der Waals surface area contributed by atoms with Gasteiger partial charge in [-0.3, -0.25) is 0 Å². The summed E-state index contributed by atoms with van der Waals surface area (Å²) in [5.74, 6) is 0. The number of hydrogen-bond donors (Lipinski definition) is 0. The van der Waals surface area contributed by atoms with Gasteiger partial charge in [0, 0.05) is 0 Å². The molecule has 0 fully saturated rings. The summed E-state index contributed by atoms with van der Waals surface area (Å²) >= 11 is 3.83. The Bertz CT molecular complexity index is 124. The molecular weight excluding hydrogens is 180 g/mol. The predicted octanol–water partition coefficient (Wildman–Crippen LogP) is 2.53. The quantitative estimate of drug-likeness (QED) is 0.630. The van der Waals surface area contributed by atoms with Crippen molar-refractivity contribution in [1.82, 2.24) is 0 Å². The first-order valence-electron chi connectivity index (χ1n) is 4.08. The Labute approximate surface area is 77.9 Å². The van der Waals surface area contributed by atoms with E-state index in [0.717, 1.165) is 24.1 Å². The van der Waals surface area contributed by atoms with Crippen molar-refractivity contribution in [2.75, 3.05) is 6.61 Å². The van der Waals surface area contributed by atoms with E-state index in [4.69, 9.17) is 4.74 Å². The van der Waals surface area contributed by atoms with Crippen LogP contribution in [0.5, 0.6) is 0 Å². The van der Waals surface area contributed by atoms with E-state index in [1.54, 1.807) is 0 Å². The zero-order valence-corrected chi connectivity index (χ0v) is 8.99. The van der Waals surface area contributed by atoms with Crippen LogP contribution in [-0.2, 0) is 20.3 Å². The number of rotatable bonds is 4. The maximum absolute atomic E-state index is 5.24. The second-order valence-electron chi connectivity index (χ2n) is 3.84. The van der Waals surface area contributed by atoms with Crippen LogP contribution < -0.4 is 0 Å². The molecule has 0 saturated heterocycles. The topological polar surface area (TPSA) is 9.23 Å². The number of ether oxygens (including phenoxy) is 1. The molecule has 0 spiro atoms. The minimum atomic E-state index is 0.389. The Balaban J connectivity index is 3.46. The molecule has 0 bridgehead atoms. The van der Waals surface area contributed by atoms with Crippen LogP contribution >= 0.6 is 0 Å². The normalized spacial score (nSPS) is 11.7. The van der Waals surface area contributed by atoms with Crippen LogP contribution in [0.15, 0.2) is 0 Å². The molecule has 0 N–H and O–H groups in total. The fourth-order valence-corrected chi connectivity index (χ4v) is 0.993. The average Bonchev–Trinajstić information content (AvgIpc) is 1.83. The first-order valence-corrected chi connectivity index (χ1v) is 4.64. The van der Waals surface area contributed by atoms with Crippen LogP contribution in [0.1, 0.15) is 40.5 Å². The van der Waals surface area contributed by atoms with Gasteiger partial charge in [-0.15, -0.1) is 0 Å². The van der Waals surface area contributed by atoms with E-state index in [-0.39, 0.29) is 0 Å². The fourth-order valence-electron chi connectivity index (χ4n) is 0.695. The molecule has 0 radical (unpaired) electrons. The molecule has 0 heterocycles. The van der Waals surface area contributed by atoms with E-state index in [0.29, 0.717) is 5.41 Å².